The van der Waals surface area contributed by atoms with E-state index in [0.717, 1.165) is 21.9 Å². The molecule has 1 heterocycles. The van der Waals surface area contributed by atoms with Crippen molar-refractivity contribution in [2.75, 3.05) is 6.26 Å². The zero-order chi connectivity index (χ0) is 20.5. The molecule has 1 aromatic heterocycles. The van der Waals surface area contributed by atoms with Gasteiger partial charge in [0.05, 0.1) is 16.2 Å². The highest BCUT2D eigenvalue weighted by Gasteiger charge is 2.14. The number of nitrogens with zero attached hydrogens (tertiary/aromatic N) is 1. The van der Waals surface area contributed by atoms with E-state index in [9.17, 15) is 17.6 Å². The third-order valence-electron chi connectivity index (χ3n) is 3.52. The van der Waals surface area contributed by atoms with Crippen molar-refractivity contribution in [2.24, 2.45) is 10.7 Å². The van der Waals surface area contributed by atoms with Crippen LogP contribution in [0.25, 0.3) is 21.2 Å². The van der Waals surface area contributed by atoms with Crippen molar-refractivity contribution >= 4 is 55.0 Å². The van der Waals surface area contributed by atoms with E-state index in [-0.39, 0.29) is 9.90 Å². The van der Waals surface area contributed by atoms with Crippen molar-refractivity contribution in [3.63, 3.8) is 0 Å². The summed E-state index contributed by atoms with van der Waals surface area (Å²) < 4.78 is 40.3. The molecule has 0 saturated carbocycles. The number of halogens is 2. The number of fused-ring (bicyclic) bond motifs is 1. The molecule has 3 N–H and O–H groups in total. The zero-order valence-electron chi connectivity index (χ0n) is 14.3. The van der Waals surface area contributed by atoms with Crippen LogP contribution in [0.5, 0.6) is 0 Å². The van der Waals surface area contributed by atoms with Crippen molar-refractivity contribution in [1.29, 1.82) is 0 Å². The SMILES string of the molecule is CS(=O)(=O)ONC(N)=NC(=O)c1cc2c(-c3ccc(F)c(Cl)c3)cccc2s1. The van der Waals surface area contributed by atoms with Crippen LogP contribution >= 0.6 is 22.9 Å². The van der Waals surface area contributed by atoms with E-state index in [1.165, 1.54) is 23.5 Å². The number of guanidine groups is 1. The van der Waals surface area contributed by atoms with Gasteiger partial charge in [-0.05, 0) is 35.4 Å². The molecule has 7 nitrogen and oxygen atoms in total. The first-order valence-corrected chi connectivity index (χ1v) is 10.7. The van der Waals surface area contributed by atoms with Crippen molar-refractivity contribution < 1.29 is 21.9 Å². The molecule has 1 amide bonds. The van der Waals surface area contributed by atoms with E-state index in [2.05, 4.69) is 9.28 Å². The number of benzene rings is 2. The van der Waals surface area contributed by atoms with Gasteiger partial charge in [-0.1, -0.05) is 29.8 Å². The summed E-state index contributed by atoms with van der Waals surface area (Å²) in [6, 6.07) is 11.5. The lowest BCUT2D eigenvalue weighted by Crippen LogP contribution is -2.34. The number of aliphatic imine (C=N–C) groups is 1. The lowest BCUT2D eigenvalue weighted by Gasteiger charge is -2.04. The Morgan fingerprint density at radius 3 is 2.71 bits per heavy atom. The van der Waals surface area contributed by atoms with Gasteiger partial charge in [-0.15, -0.1) is 15.6 Å². The van der Waals surface area contributed by atoms with Gasteiger partial charge in [0.1, 0.15) is 5.82 Å². The standard InChI is InChI=1S/C17H13ClFN3O4S2/c1-28(24,25)26-22-17(20)21-16(23)15-8-11-10(3-2-4-14(11)27-15)9-5-6-13(19)12(18)7-9/h2-8H,1H3,(H3,20,21,22,23). The van der Waals surface area contributed by atoms with E-state index in [1.54, 1.807) is 18.2 Å². The van der Waals surface area contributed by atoms with Crippen LogP contribution in [0.15, 0.2) is 47.5 Å². The molecule has 0 unspecified atom stereocenters. The highest BCUT2D eigenvalue weighted by molar-refractivity contribution is 7.85. The van der Waals surface area contributed by atoms with Gasteiger partial charge in [-0.3, -0.25) is 4.79 Å². The molecule has 11 heteroatoms. The van der Waals surface area contributed by atoms with Crippen LogP contribution in [0.4, 0.5) is 4.39 Å². The monoisotopic (exact) mass is 441 g/mol. The van der Waals surface area contributed by atoms with E-state index >= 15 is 0 Å². The molecular formula is C17H13ClFN3O4S2. The third kappa shape index (κ3) is 4.65. The van der Waals surface area contributed by atoms with Crippen LogP contribution < -0.4 is 11.2 Å². The first kappa shape index (κ1) is 20.2. The summed E-state index contributed by atoms with van der Waals surface area (Å²) in [4.78, 5) is 16.2. The lowest BCUT2D eigenvalue weighted by atomic mass is 10.0. The number of nitrogens with one attached hydrogen (secondary N) is 1. The Morgan fingerprint density at radius 1 is 1.29 bits per heavy atom. The molecule has 0 aliphatic carbocycles. The number of carbonyl (C=O) groups excluding carboxylic acids is 1. The van der Waals surface area contributed by atoms with Crippen LogP contribution in [0.2, 0.25) is 5.02 Å². The van der Waals surface area contributed by atoms with E-state index < -0.39 is 27.8 Å². The molecular weight excluding hydrogens is 429 g/mol. The Bertz CT molecular complexity index is 1210. The third-order valence-corrected chi connectivity index (χ3v) is 5.29. The maximum Gasteiger partial charge on any atom is 0.290 e. The summed E-state index contributed by atoms with van der Waals surface area (Å²) in [7, 11) is -3.80. The minimum absolute atomic E-state index is 0.00430. The molecule has 2 aromatic carbocycles. The highest BCUT2D eigenvalue weighted by atomic mass is 35.5. The minimum atomic E-state index is -3.80. The second-order valence-corrected chi connectivity index (χ2v) is 8.71. The Labute approximate surface area is 168 Å². The quantitative estimate of drug-likeness (QED) is 0.365. The molecule has 146 valence electrons. The Morgan fingerprint density at radius 2 is 2.04 bits per heavy atom. The summed E-state index contributed by atoms with van der Waals surface area (Å²) in [5.74, 6) is -1.70. The number of amides is 1. The lowest BCUT2D eigenvalue weighted by molar-refractivity contribution is 0.100. The summed E-state index contributed by atoms with van der Waals surface area (Å²) in [6.07, 6.45) is 0.810. The average molecular weight is 442 g/mol. The van der Waals surface area contributed by atoms with Gasteiger partial charge in [0.2, 0.25) is 5.96 Å². The predicted octanol–water partition coefficient (Wildman–Crippen LogP) is 3.30. The molecule has 0 spiro atoms. The van der Waals surface area contributed by atoms with Gasteiger partial charge in [-0.2, -0.15) is 13.4 Å². The number of rotatable bonds is 4. The fourth-order valence-corrected chi connectivity index (χ4v) is 3.78. The average Bonchev–Trinajstić information content (AvgIpc) is 3.06. The van der Waals surface area contributed by atoms with Crippen LogP contribution in [0.1, 0.15) is 9.67 Å². The number of nitrogens with two attached hydrogens (primary N) is 1. The predicted molar refractivity (Wildman–Crippen MR) is 107 cm³/mol. The molecule has 0 bridgehead atoms. The van der Waals surface area contributed by atoms with Crippen molar-refractivity contribution in [1.82, 2.24) is 5.48 Å². The van der Waals surface area contributed by atoms with E-state index in [1.807, 2.05) is 17.6 Å². The Hall–Kier alpha value is -2.53. The van der Waals surface area contributed by atoms with Gasteiger partial charge < -0.3 is 5.73 Å². The maximum absolute atomic E-state index is 13.4. The largest absolute Gasteiger partial charge is 0.368 e. The molecule has 28 heavy (non-hydrogen) atoms. The summed E-state index contributed by atoms with van der Waals surface area (Å²) >= 11 is 7.05. The van der Waals surface area contributed by atoms with Crippen LogP contribution in [0, 0.1) is 5.82 Å². The molecule has 0 saturated heterocycles. The Balaban J connectivity index is 1.94. The Kier molecular flexibility index (Phi) is 5.66. The van der Waals surface area contributed by atoms with Gasteiger partial charge in [0, 0.05) is 10.1 Å². The molecule has 0 aliphatic heterocycles. The second kappa shape index (κ2) is 7.84. The number of hydroxylamine groups is 1. The van der Waals surface area contributed by atoms with Gasteiger partial charge >= 0.3 is 0 Å². The van der Waals surface area contributed by atoms with Crippen molar-refractivity contribution in [3.05, 3.63) is 58.2 Å². The van der Waals surface area contributed by atoms with Gasteiger partial charge in [-0.25, -0.2) is 9.87 Å². The van der Waals surface area contributed by atoms with E-state index in [4.69, 9.17) is 17.3 Å². The number of thiophene rings is 1. The van der Waals surface area contributed by atoms with Crippen molar-refractivity contribution in [2.45, 2.75) is 0 Å². The summed E-state index contributed by atoms with van der Waals surface area (Å²) in [6.45, 7) is 0. The first-order valence-electron chi connectivity index (χ1n) is 7.65. The van der Waals surface area contributed by atoms with Crippen LogP contribution in [-0.4, -0.2) is 26.5 Å². The van der Waals surface area contributed by atoms with Gasteiger partial charge in [0.25, 0.3) is 16.0 Å². The summed E-state index contributed by atoms with van der Waals surface area (Å²) in [5, 5.41) is 0.753. The molecule has 0 atom stereocenters. The zero-order valence-corrected chi connectivity index (χ0v) is 16.7. The number of hydrogen-bond acceptors (Lipinski definition) is 5. The van der Waals surface area contributed by atoms with Crippen LogP contribution in [-0.2, 0) is 14.4 Å². The molecule has 3 rings (SSSR count). The molecule has 0 fully saturated rings. The molecule has 0 radical (unpaired) electrons. The first-order chi connectivity index (χ1) is 13.1. The number of carbonyl (C=O) groups is 1. The van der Waals surface area contributed by atoms with Crippen molar-refractivity contribution in [3.8, 4) is 11.1 Å². The minimum Gasteiger partial charge on any atom is -0.368 e. The van der Waals surface area contributed by atoms with E-state index in [0.29, 0.717) is 5.56 Å². The topological polar surface area (TPSA) is 111 Å². The fraction of sp³-hybridized carbons (Fsp3) is 0.0588. The normalized spacial score (nSPS) is 12.3. The second-order valence-electron chi connectivity index (χ2n) is 5.65. The molecule has 0 aliphatic rings. The van der Waals surface area contributed by atoms with Crippen LogP contribution in [0.3, 0.4) is 0 Å². The van der Waals surface area contributed by atoms with Gasteiger partial charge in [0.15, 0.2) is 0 Å². The smallest absolute Gasteiger partial charge is 0.290 e. The summed E-state index contributed by atoms with van der Waals surface area (Å²) in [5.41, 5.74) is 8.79. The fourth-order valence-electron chi connectivity index (χ4n) is 2.39. The molecule has 3 aromatic rings. The highest BCUT2D eigenvalue weighted by Crippen LogP contribution is 2.35. The number of hydrogen-bond donors (Lipinski definition) is 2. The maximum atomic E-state index is 13.4.